The van der Waals surface area contributed by atoms with E-state index in [1.807, 2.05) is 56.3 Å². The van der Waals surface area contributed by atoms with Crippen molar-refractivity contribution >= 4 is 25.0 Å². The van der Waals surface area contributed by atoms with Gasteiger partial charge in [0, 0.05) is 12.7 Å². The van der Waals surface area contributed by atoms with Crippen LogP contribution in [0.4, 0.5) is 10.5 Å². The number of ether oxygens (including phenoxy) is 1. The summed E-state index contributed by atoms with van der Waals surface area (Å²) in [5.74, 6) is 0.114. The summed E-state index contributed by atoms with van der Waals surface area (Å²) in [6.45, 7) is 4.52. The molecule has 2 heterocycles. The zero-order valence-electron chi connectivity index (χ0n) is 17.1. The minimum Gasteiger partial charge on any atom is -0.448 e. The largest absolute Gasteiger partial charge is 0.450 e. The maximum absolute atomic E-state index is 12.8. The highest BCUT2D eigenvalue weighted by molar-refractivity contribution is 7.66. The van der Waals surface area contributed by atoms with Gasteiger partial charge >= 0.3 is 19.3 Å². The number of aryl methyl sites for hydroxylation is 2. The molecule has 2 amide bonds. The summed E-state index contributed by atoms with van der Waals surface area (Å²) in [5, 5.41) is 4.44. The molecule has 0 fully saturated rings. The van der Waals surface area contributed by atoms with Gasteiger partial charge in [0.15, 0.2) is 5.69 Å². The van der Waals surface area contributed by atoms with Gasteiger partial charge in [0.1, 0.15) is 5.75 Å². The van der Waals surface area contributed by atoms with Crippen LogP contribution in [0.3, 0.4) is 0 Å². The van der Waals surface area contributed by atoms with Crippen molar-refractivity contribution in [1.82, 2.24) is 9.78 Å². The van der Waals surface area contributed by atoms with E-state index in [9.17, 15) is 9.59 Å². The van der Waals surface area contributed by atoms with E-state index in [4.69, 9.17) is 4.74 Å². The molecular formula is C22H22N4O3P+. The number of carbonyl (C=O) groups excluding carboxylic acids is 2. The molecule has 1 atom stereocenters. The van der Waals surface area contributed by atoms with Crippen molar-refractivity contribution < 1.29 is 14.3 Å². The lowest BCUT2D eigenvalue weighted by molar-refractivity contribution is 0.0999. The molecule has 1 aliphatic rings. The van der Waals surface area contributed by atoms with Crippen LogP contribution in [0.1, 0.15) is 27.3 Å². The van der Waals surface area contributed by atoms with Gasteiger partial charge in [-0.3, -0.25) is 14.4 Å². The average molecular weight is 421 g/mol. The van der Waals surface area contributed by atoms with Crippen LogP contribution in [0.5, 0.6) is 5.75 Å². The predicted molar refractivity (Wildman–Crippen MR) is 117 cm³/mol. The fraction of sp³-hybridized carbons (Fsp3) is 0.227. The molecule has 0 saturated heterocycles. The molecule has 1 unspecified atom stereocenters. The van der Waals surface area contributed by atoms with Crippen LogP contribution >= 0.6 is 7.71 Å². The summed E-state index contributed by atoms with van der Waals surface area (Å²) in [6, 6.07) is 17.1. The molecule has 30 heavy (non-hydrogen) atoms. The van der Waals surface area contributed by atoms with Gasteiger partial charge in [0.05, 0.1) is 12.2 Å². The van der Waals surface area contributed by atoms with Crippen LogP contribution in [0.25, 0.3) is 0 Å². The summed E-state index contributed by atoms with van der Waals surface area (Å²) >= 11 is 0. The number of fused-ring (bicyclic) bond motifs is 1. The van der Waals surface area contributed by atoms with Gasteiger partial charge in [0.25, 0.3) is 6.35 Å². The van der Waals surface area contributed by atoms with Crippen molar-refractivity contribution in [3.8, 4) is 5.75 Å². The summed E-state index contributed by atoms with van der Waals surface area (Å²) in [6.07, 6.45) is 0.0736. The Kier molecular flexibility index (Phi) is 5.46. The molecule has 0 bridgehead atoms. The summed E-state index contributed by atoms with van der Waals surface area (Å²) < 4.78 is 11.7. The van der Waals surface area contributed by atoms with Crippen molar-refractivity contribution in [2.24, 2.45) is 4.74 Å². The third-order valence-electron chi connectivity index (χ3n) is 5.07. The van der Waals surface area contributed by atoms with E-state index in [1.165, 1.54) is 4.90 Å². The van der Waals surface area contributed by atoms with E-state index >= 15 is 0 Å². The Labute approximate surface area is 175 Å². The molecule has 4 rings (SSSR count). The zero-order chi connectivity index (χ0) is 21.3. The molecule has 3 aromatic rings. The first-order valence-electron chi connectivity index (χ1n) is 9.56. The number of aromatic nitrogens is 2. The maximum atomic E-state index is 12.8. The summed E-state index contributed by atoms with van der Waals surface area (Å²) in [4.78, 5) is 27.1. The number of hydrogen-bond donors (Lipinski definition) is 0. The SMILES string of the molecule is Cc1ccccc1Cn1nc(C(=O)N=[P+]2COc3ccccc3N(C)C2=O)cc1C. The summed E-state index contributed by atoms with van der Waals surface area (Å²) in [7, 11) is 0.00197. The monoisotopic (exact) mass is 421 g/mol. The zero-order valence-corrected chi connectivity index (χ0v) is 18.0. The smallest absolute Gasteiger partial charge is 0.448 e. The molecule has 7 nitrogen and oxygen atoms in total. The quantitative estimate of drug-likeness (QED) is 0.560. The molecule has 1 aliphatic heterocycles. The topological polar surface area (TPSA) is 76.8 Å². The second kappa shape index (κ2) is 8.20. The first-order valence-corrected chi connectivity index (χ1v) is 11.0. The highest BCUT2D eigenvalue weighted by Crippen LogP contribution is 2.40. The van der Waals surface area contributed by atoms with Crippen molar-refractivity contribution in [3.05, 3.63) is 77.1 Å². The van der Waals surface area contributed by atoms with Crippen molar-refractivity contribution in [2.45, 2.75) is 20.4 Å². The van der Waals surface area contributed by atoms with Gasteiger partial charge in [-0.05, 0) is 47.9 Å². The van der Waals surface area contributed by atoms with Gasteiger partial charge < -0.3 is 4.74 Å². The number of amides is 2. The third kappa shape index (κ3) is 3.89. The molecule has 152 valence electrons. The van der Waals surface area contributed by atoms with E-state index in [2.05, 4.69) is 9.84 Å². The fourth-order valence-corrected chi connectivity index (χ4v) is 4.57. The van der Waals surface area contributed by atoms with Gasteiger partial charge in [-0.15, -0.1) is 0 Å². The molecule has 2 aromatic carbocycles. The van der Waals surface area contributed by atoms with Crippen LogP contribution < -0.4 is 9.64 Å². The Bertz CT molecular complexity index is 1170. The van der Waals surface area contributed by atoms with Gasteiger partial charge in [0.2, 0.25) is 0 Å². The number of rotatable bonds is 3. The molecule has 1 aromatic heterocycles. The number of para-hydroxylation sites is 2. The lowest BCUT2D eigenvalue weighted by atomic mass is 10.1. The fourth-order valence-electron chi connectivity index (χ4n) is 3.27. The van der Waals surface area contributed by atoms with Crippen LogP contribution in [0, 0.1) is 13.8 Å². The Morgan fingerprint density at radius 1 is 1.17 bits per heavy atom. The minimum absolute atomic E-state index is 0.0736. The molecule has 8 heteroatoms. The van der Waals surface area contributed by atoms with E-state index in [1.54, 1.807) is 23.9 Å². The molecular weight excluding hydrogens is 399 g/mol. The lowest BCUT2D eigenvalue weighted by Crippen LogP contribution is -2.20. The number of benzene rings is 2. The Morgan fingerprint density at radius 3 is 2.70 bits per heavy atom. The predicted octanol–water partition coefficient (Wildman–Crippen LogP) is 4.96. The van der Waals surface area contributed by atoms with Crippen LogP contribution in [0.15, 0.2) is 59.3 Å². The maximum Gasteiger partial charge on any atom is 0.450 e. The van der Waals surface area contributed by atoms with Gasteiger partial charge in [-0.25, -0.2) is 4.79 Å². The average Bonchev–Trinajstić information content (AvgIpc) is 3.07. The van der Waals surface area contributed by atoms with Crippen molar-refractivity contribution in [1.29, 1.82) is 0 Å². The number of hydrogen-bond acceptors (Lipinski definition) is 4. The number of anilines is 1. The van der Waals surface area contributed by atoms with E-state index in [-0.39, 0.29) is 17.7 Å². The molecule has 0 aliphatic carbocycles. The molecule has 0 saturated carbocycles. The second-order valence-electron chi connectivity index (χ2n) is 7.14. The van der Waals surface area contributed by atoms with Gasteiger partial charge in [-0.1, -0.05) is 36.4 Å². The Morgan fingerprint density at radius 2 is 1.90 bits per heavy atom. The summed E-state index contributed by atoms with van der Waals surface area (Å²) in [5.41, 5.74) is 3.85. The van der Waals surface area contributed by atoms with Crippen LogP contribution in [-0.2, 0) is 6.54 Å². The standard InChI is InChI=1S/C22H22N4O3P/c1-15-8-4-5-9-17(15)13-26-16(2)12-18(23-26)21(27)24-30-14-29-20-11-7-6-10-19(20)25(3)22(30)28/h4-12H,13-14H2,1-3H3/q+1. The number of nitrogens with zero attached hydrogens (tertiary/aromatic N) is 4. The lowest BCUT2D eigenvalue weighted by Gasteiger charge is -2.11. The van der Waals surface area contributed by atoms with E-state index in [0.717, 1.165) is 16.8 Å². The van der Waals surface area contributed by atoms with Crippen molar-refractivity contribution in [2.75, 3.05) is 18.3 Å². The van der Waals surface area contributed by atoms with Gasteiger partial charge in [-0.2, -0.15) is 5.10 Å². The van der Waals surface area contributed by atoms with Crippen LogP contribution in [0.2, 0.25) is 0 Å². The first kappa shape index (κ1) is 20.0. The third-order valence-corrected chi connectivity index (χ3v) is 6.61. The van der Waals surface area contributed by atoms with Crippen molar-refractivity contribution in [3.63, 3.8) is 0 Å². The highest BCUT2D eigenvalue weighted by Gasteiger charge is 2.37. The van der Waals surface area contributed by atoms with E-state index in [0.29, 0.717) is 18.0 Å². The highest BCUT2D eigenvalue weighted by atomic mass is 31.1. The molecule has 0 radical (unpaired) electrons. The van der Waals surface area contributed by atoms with Crippen LogP contribution in [-0.4, -0.2) is 34.7 Å². The van der Waals surface area contributed by atoms with E-state index < -0.39 is 13.6 Å². The first-order chi connectivity index (χ1) is 14.4. The number of carbonyl (C=O) groups is 2. The second-order valence-corrected chi connectivity index (χ2v) is 8.78. The normalized spacial score (nSPS) is 15.0. The Balaban J connectivity index is 1.57. The molecule has 0 spiro atoms. The molecule has 0 N–H and O–H groups in total. The Hall–Kier alpha value is -3.31. The minimum atomic E-state index is -1.67.